The Kier molecular flexibility index (Phi) is 1.76. The predicted octanol–water partition coefficient (Wildman–Crippen LogP) is 1.64. The Morgan fingerprint density at radius 1 is 1.29 bits per heavy atom. The summed E-state index contributed by atoms with van der Waals surface area (Å²) in [5.41, 5.74) is 0. The predicted molar refractivity (Wildman–Crippen MR) is 54.5 cm³/mol. The van der Waals surface area contributed by atoms with Gasteiger partial charge in [0.05, 0.1) is 6.04 Å². The molecule has 1 saturated heterocycles. The molecule has 1 fully saturated rings. The molecule has 74 valence electrons. The molecule has 0 aromatic carbocycles. The fraction of sp³-hybridized carbons (Fsp3) is 0.583. The van der Waals surface area contributed by atoms with E-state index in [4.69, 9.17) is 0 Å². The first-order valence-corrected chi connectivity index (χ1v) is 5.50. The van der Waals surface area contributed by atoms with Gasteiger partial charge in [0, 0.05) is 5.92 Å². The summed E-state index contributed by atoms with van der Waals surface area (Å²) in [6.45, 7) is 0. The van der Waals surface area contributed by atoms with Crippen LogP contribution in [0.1, 0.15) is 19.3 Å². The van der Waals surface area contributed by atoms with Crippen LogP contribution in [0.3, 0.4) is 0 Å². The Labute approximate surface area is 84.1 Å². The summed E-state index contributed by atoms with van der Waals surface area (Å²) in [5.74, 6) is 1.66. The standard InChI is InChI=1S/C12H15NO/c14-12-10-6-3-5-8(10)9-4-1-2-7-11(9)13-12/h2-3,5,7-11H,1,4,6H2,(H,13,14). The van der Waals surface area contributed by atoms with E-state index in [-0.39, 0.29) is 11.8 Å². The molecule has 0 aromatic heterocycles. The molecule has 3 aliphatic rings. The topological polar surface area (TPSA) is 29.1 Å². The first-order chi connectivity index (χ1) is 6.86. The van der Waals surface area contributed by atoms with Crippen LogP contribution in [0.4, 0.5) is 0 Å². The SMILES string of the molecule is O=C1NC2C=CCCC2C2C=CCC12. The third-order valence-corrected chi connectivity index (χ3v) is 3.82. The van der Waals surface area contributed by atoms with Gasteiger partial charge in [-0.25, -0.2) is 0 Å². The largest absolute Gasteiger partial charge is 0.349 e. The number of allylic oxidation sites excluding steroid dienone is 3. The van der Waals surface area contributed by atoms with Gasteiger partial charge < -0.3 is 5.32 Å². The van der Waals surface area contributed by atoms with E-state index in [0.717, 1.165) is 6.42 Å². The third-order valence-electron chi connectivity index (χ3n) is 3.82. The third kappa shape index (κ3) is 1.06. The Bertz CT molecular complexity index is 318. The second-order valence-electron chi connectivity index (χ2n) is 4.55. The van der Waals surface area contributed by atoms with Crippen molar-refractivity contribution >= 4 is 5.91 Å². The van der Waals surface area contributed by atoms with Crippen LogP contribution in [0, 0.1) is 17.8 Å². The molecule has 2 aliphatic carbocycles. The lowest BCUT2D eigenvalue weighted by Crippen LogP contribution is -2.52. The monoisotopic (exact) mass is 189 g/mol. The number of carbonyl (C=O) groups is 1. The maximum atomic E-state index is 11.7. The van der Waals surface area contributed by atoms with Crippen molar-refractivity contribution < 1.29 is 4.79 Å². The summed E-state index contributed by atoms with van der Waals surface area (Å²) in [6.07, 6.45) is 12.2. The summed E-state index contributed by atoms with van der Waals surface area (Å²) in [5, 5.41) is 3.12. The molecular formula is C12H15NO. The Morgan fingerprint density at radius 2 is 2.21 bits per heavy atom. The maximum Gasteiger partial charge on any atom is 0.224 e. The quantitative estimate of drug-likeness (QED) is 0.577. The van der Waals surface area contributed by atoms with Crippen molar-refractivity contribution in [1.82, 2.24) is 5.32 Å². The van der Waals surface area contributed by atoms with Crippen molar-refractivity contribution in [3.05, 3.63) is 24.3 Å². The van der Waals surface area contributed by atoms with E-state index >= 15 is 0 Å². The number of amides is 1. The Balaban J connectivity index is 1.92. The van der Waals surface area contributed by atoms with E-state index in [1.54, 1.807) is 0 Å². The zero-order valence-electron chi connectivity index (χ0n) is 8.15. The second kappa shape index (κ2) is 2.97. The summed E-state index contributed by atoms with van der Waals surface area (Å²) in [4.78, 5) is 11.7. The van der Waals surface area contributed by atoms with E-state index in [9.17, 15) is 4.79 Å². The fourth-order valence-electron chi connectivity index (χ4n) is 3.11. The first-order valence-electron chi connectivity index (χ1n) is 5.50. The molecule has 0 bridgehead atoms. The highest BCUT2D eigenvalue weighted by atomic mass is 16.2. The first kappa shape index (κ1) is 8.27. The van der Waals surface area contributed by atoms with Crippen LogP contribution in [-0.2, 0) is 4.79 Å². The van der Waals surface area contributed by atoms with Gasteiger partial charge in [-0.05, 0) is 31.1 Å². The number of nitrogens with one attached hydrogen (secondary N) is 1. The van der Waals surface area contributed by atoms with E-state index in [1.165, 1.54) is 12.8 Å². The average molecular weight is 189 g/mol. The Morgan fingerprint density at radius 3 is 3.14 bits per heavy atom. The molecule has 4 unspecified atom stereocenters. The summed E-state index contributed by atoms with van der Waals surface area (Å²) >= 11 is 0. The zero-order chi connectivity index (χ0) is 9.54. The van der Waals surface area contributed by atoms with Crippen LogP contribution in [-0.4, -0.2) is 11.9 Å². The smallest absolute Gasteiger partial charge is 0.224 e. The van der Waals surface area contributed by atoms with Gasteiger partial charge in [-0.1, -0.05) is 24.3 Å². The van der Waals surface area contributed by atoms with Crippen molar-refractivity contribution in [2.45, 2.75) is 25.3 Å². The van der Waals surface area contributed by atoms with Gasteiger partial charge in [-0.2, -0.15) is 0 Å². The number of fused-ring (bicyclic) bond motifs is 3. The number of carbonyl (C=O) groups excluding carboxylic acids is 1. The van der Waals surface area contributed by atoms with Crippen molar-refractivity contribution in [2.24, 2.45) is 17.8 Å². The van der Waals surface area contributed by atoms with Crippen LogP contribution in [0.2, 0.25) is 0 Å². The molecule has 1 heterocycles. The van der Waals surface area contributed by atoms with Gasteiger partial charge in [0.2, 0.25) is 5.91 Å². The lowest BCUT2D eigenvalue weighted by atomic mass is 9.72. The lowest BCUT2D eigenvalue weighted by molar-refractivity contribution is -0.130. The van der Waals surface area contributed by atoms with Crippen LogP contribution in [0.5, 0.6) is 0 Å². The minimum Gasteiger partial charge on any atom is -0.349 e. The minimum absolute atomic E-state index is 0.239. The van der Waals surface area contributed by atoms with Crippen molar-refractivity contribution in [2.75, 3.05) is 0 Å². The number of hydrogen-bond acceptors (Lipinski definition) is 1. The van der Waals surface area contributed by atoms with Gasteiger partial charge in [-0.3, -0.25) is 4.79 Å². The van der Waals surface area contributed by atoms with Gasteiger partial charge in [-0.15, -0.1) is 0 Å². The maximum absolute atomic E-state index is 11.7. The molecule has 1 amide bonds. The molecule has 14 heavy (non-hydrogen) atoms. The van der Waals surface area contributed by atoms with E-state index in [2.05, 4.69) is 29.6 Å². The zero-order valence-corrected chi connectivity index (χ0v) is 8.15. The molecule has 2 heteroatoms. The number of hydrogen-bond donors (Lipinski definition) is 1. The molecule has 2 nitrogen and oxygen atoms in total. The van der Waals surface area contributed by atoms with Crippen molar-refractivity contribution in [1.29, 1.82) is 0 Å². The molecule has 0 saturated carbocycles. The summed E-state index contributed by atoms with van der Waals surface area (Å²) < 4.78 is 0. The highest BCUT2D eigenvalue weighted by molar-refractivity contribution is 5.81. The molecule has 0 spiro atoms. The van der Waals surface area contributed by atoms with E-state index < -0.39 is 0 Å². The van der Waals surface area contributed by atoms with Gasteiger partial charge in [0.25, 0.3) is 0 Å². The molecular weight excluding hydrogens is 174 g/mol. The molecule has 0 aromatic rings. The summed E-state index contributed by atoms with van der Waals surface area (Å²) in [6, 6.07) is 0.306. The van der Waals surface area contributed by atoms with E-state index in [1.807, 2.05) is 0 Å². The van der Waals surface area contributed by atoms with Gasteiger partial charge in [0.1, 0.15) is 0 Å². The fourth-order valence-corrected chi connectivity index (χ4v) is 3.11. The molecule has 4 atom stereocenters. The molecule has 3 rings (SSSR count). The highest BCUT2D eigenvalue weighted by Gasteiger charge is 2.43. The van der Waals surface area contributed by atoms with Crippen molar-refractivity contribution in [3.8, 4) is 0 Å². The summed E-state index contributed by atoms with van der Waals surface area (Å²) in [7, 11) is 0. The second-order valence-corrected chi connectivity index (χ2v) is 4.55. The molecule has 1 N–H and O–H groups in total. The molecule has 1 aliphatic heterocycles. The van der Waals surface area contributed by atoms with Crippen LogP contribution >= 0.6 is 0 Å². The minimum atomic E-state index is 0.239. The van der Waals surface area contributed by atoms with Crippen LogP contribution in [0.15, 0.2) is 24.3 Å². The molecule has 0 radical (unpaired) electrons. The lowest BCUT2D eigenvalue weighted by Gasteiger charge is -2.40. The average Bonchev–Trinajstić information content (AvgIpc) is 2.67. The highest BCUT2D eigenvalue weighted by Crippen LogP contribution is 2.40. The number of piperidine rings is 1. The van der Waals surface area contributed by atoms with Crippen LogP contribution < -0.4 is 5.32 Å². The van der Waals surface area contributed by atoms with Crippen molar-refractivity contribution in [3.63, 3.8) is 0 Å². The normalized spacial score (nSPS) is 44.4. The van der Waals surface area contributed by atoms with Gasteiger partial charge >= 0.3 is 0 Å². The van der Waals surface area contributed by atoms with Crippen LogP contribution in [0.25, 0.3) is 0 Å². The Hall–Kier alpha value is -1.05. The number of rotatable bonds is 0. The van der Waals surface area contributed by atoms with Gasteiger partial charge in [0.15, 0.2) is 0 Å². The van der Waals surface area contributed by atoms with E-state index in [0.29, 0.717) is 17.9 Å².